The van der Waals surface area contributed by atoms with Crippen molar-refractivity contribution in [1.82, 2.24) is 10.2 Å². The lowest BCUT2D eigenvalue weighted by Gasteiger charge is -2.19. The van der Waals surface area contributed by atoms with Gasteiger partial charge >= 0.3 is 6.03 Å². The summed E-state index contributed by atoms with van der Waals surface area (Å²) in [5, 5.41) is 2.91. The highest BCUT2D eigenvalue weighted by Gasteiger charge is 2.31. The van der Waals surface area contributed by atoms with Crippen LogP contribution in [-0.2, 0) is 0 Å². The van der Waals surface area contributed by atoms with Gasteiger partial charge in [-0.25, -0.2) is 9.18 Å². The third kappa shape index (κ3) is 2.25. The van der Waals surface area contributed by atoms with Crippen LogP contribution < -0.4 is 5.32 Å². The fourth-order valence-corrected chi connectivity index (χ4v) is 2.08. The monoisotopic (exact) mass is 236 g/mol. The lowest BCUT2D eigenvalue weighted by Crippen LogP contribution is -2.33. The Labute approximate surface area is 101 Å². The fourth-order valence-electron chi connectivity index (χ4n) is 2.08. The van der Waals surface area contributed by atoms with Gasteiger partial charge < -0.3 is 10.2 Å². The minimum atomic E-state index is -0.209. The van der Waals surface area contributed by atoms with E-state index in [0.717, 1.165) is 5.56 Å². The molecule has 2 rings (SSSR count). The molecule has 1 aliphatic heterocycles. The number of nitrogens with zero attached hydrogens (tertiary/aromatic N) is 1. The molecule has 1 N–H and O–H groups in total. The molecule has 1 saturated heterocycles. The number of carbonyl (C=O) groups is 1. The van der Waals surface area contributed by atoms with Crippen LogP contribution in [0.25, 0.3) is 0 Å². The molecule has 1 aromatic carbocycles. The predicted molar refractivity (Wildman–Crippen MR) is 64.3 cm³/mol. The molecule has 17 heavy (non-hydrogen) atoms. The van der Waals surface area contributed by atoms with Crippen molar-refractivity contribution in [2.45, 2.75) is 32.9 Å². The second-order valence-electron chi connectivity index (χ2n) is 4.76. The number of carbonyl (C=O) groups excluding carboxylic acids is 1. The number of benzene rings is 1. The molecule has 4 heteroatoms. The van der Waals surface area contributed by atoms with Gasteiger partial charge in [0.1, 0.15) is 5.82 Å². The normalized spacial score (nSPS) is 19.9. The Morgan fingerprint density at radius 2 is 2.18 bits per heavy atom. The number of urea groups is 1. The predicted octanol–water partition coefficient (Wildman–Crippen LogP) is 2.61. The van der Waals surface area contributed by atoms with E-state index in [1.807, 2.05) is 13.8 Å². The van der Waals surface area contributed by atoms with Gasteiger partial charge in [-0.1, -0.05) is 12.1 Å². The van der Waals surface area contributed by atoms with Crippen molar-refractivity contribution >= 4 is 6.03 Å². The number of nitrogens with one attached hydrogen (secondary N) is 1. The topological polar surface area (TPSA) is 32.3 Å². The molecule has 92 valence electrons. The zero-order valence-corrected chi connectivity index (χ0v) is 10.3. The van der Waals surface area contributed by atoms with Gasteiger partial charge in [0.25, 0.3) is 0 Å². The number of halogens is 1. The molecule has 1 atom stereocenters. The summed E-state index contributed by atoms with van der Waals surface area (Å²) in [4.78, 5) is 13.5. The van der Waals surface area contributed by atoms with E-state index in [1.165, 1.54) is 6.07 Å². The Hall–Kier alpha value is -1.58. The van der Waals surface area contributed by atoms with Gasteiger partial charge in [-0.3, -0.25) is 0 Å². The third-order valence-corrected chi connectivity index (χ3v) is 3.15. The lowest BCUT2D eigenvalue weighted by atomic mass is 10.0. The van der Waals surface area contributed by atoms with Crippen molar-refractivity contribution in [3.8, 4) is 0 Å². The standard InChI is InChI=1S/C13H17FN2O/c1-8(2)16-7-12(15-13(16)17)10-4-5-11(14)9(3)6-10/h4-6,8,12H,7H2,1-3H3,(H,15,17). The summed E-state index contributed by atoms with van der Waals surface area (Å²) in [5.74, 6) is -0.209. The van der Waals surface area contributed by atoms with E-state index < -0.39 is 0 Å². The SMILES string of the molecule is Cc1cc(C2CN(C(C)C)C(=O)N2)ccc1F. The Balaban J connectivity index is 2.20. The van der Waals surface area contributed by atoms with Gasteiger partial charge in [0.15, 0.2) is 0 Å². The van der Waals surface area contributed by atoms with Crippen LogP contribution in [-0.4, -0.2) is 23.5 Å². The van der Waals surface area contributed by atoms with Gasteiger partial charge in [0.05, 0.1) is 6.04 Å². The molecular formula is C13H17FN2O. The molecule has 0 radical (unpaired) electrons. The van der Waals surface area contributed by atoms with Crippen molar-refractivity contribution in [3.63, 3.8) is 0 Å². The van der Waals surface area contributed by atoms with Gasteiger partial charge in [-0.05, 0) is 38.0 Å². The van der Waals surface area contributed by atoms with Gasteiger partial charge in [-0.15, -0.1) is 0 Å². The Bertz CT molecular complexity index is 445. The molecule has 2 amide bonds. The van der Waals surface area contributed by atoms with Gasteiger partial charge in [-0.2, -0.15) is 0 Å². The maximum atomic E-state index is 13.2. The molecular weight excluding hydrogens is 219 g/mol. The molecule has 1 fully saturated rings. The highest BCUT2D eigenvalue weighted by atomic mass is 19.1. The zero-order valence-electron chi connectivity index (χ0n) is 10.3. The first kappa shape index (κ1) is 11.9. The van der Waals surface area contributed by atoms with E-state index in [9.17, 15) is 9.18 Å². The molecule has 3 nitrogen and oxygen atoms in total. The van der Waals surface area contributed by atoms with E-state index in [-0.39, 0.29) is 23.9 Å². The van der Waals surface area contributed by atoms with Crippen molar-refractivity contribution in [3.05, 3.63) is 35.1 Å². The summed E-state index contributed by atoms with van der Waals surface area (Å²) < 4.78 is 13.2. The van der Waals surface area contributed by atoms with Crippen molar-refractivity contribution in [2.24, 2.45) is 0 Å². The molecule has 1 aromatic rings. The van der Waals surface area contributed by atoms with Crippen LogP contribution >= 0.6 is 0 Å². The number of amides is 2. The van der Waals surface area contributed by atoms with Gasteiger partial charge in [0, 0.05) is 12.6 Å². The van der Waals surface area contributed by atoms with Crippen LogP contribution in [0.4, 0.5) is 9.18 Å². The number of aryl methyl sites for hydroxylation is 1. The molecule has 0 saturated carbocycles. The van der Waals surface area contributed by atoms with Crippen LogP contribution in [0.15, 0.2) is 18.2 Å². The smallest absolute Gasteiger partial charge is 0.318 e. The van der Waals surface area contributed by atoms with Crippen LogP contribution in [0.1, 0.15) is 31.0 Å². The molecule has 0 aliphatic carbocycles. The summed E-state index contributed by atoms with van der Waals surface area (Å²) in [6.07, 6.45) is 0. The van der Waals surface area contributed by atoms with Crippen molar-refractivity contribution in [1.29, 1.82) is 0 Å². The number of hydrogen-bond donors (Lipinski definition) is 1. The summed E-state index contributed by atoms with van der Waals surface area (Å²) in [6.45, 7) is 6.34. The molecule has 0 spiro atoms. The summed E-state index contributed by atoms with van der Waals surface area (Å²) in [6, 6.07) is 5.08. The minimum Gasteiger partial charge on any atom is -0.329 e. The average molecular weight is 236 g/mol. The second-order valence-corrected chi connectivity index (χ2v) is 4.76. The molecule has 1 unspecified atom stereocenters. The quantitative estimate of drug-likeness (QED) is 0.841. The largest absolute Gasteiger partial charge is 0.329 e. The number of rotatable bonds is 2. The average Bonchev–Trinajstić information content (AvgIpc) is 2.64. The molecule has 0 aromatic heterocycles. The summed E-state index contributed by atoms with van der Waals surface area (Å²) in [7, 11) is 0. The summed E-state index contributed by atoms with van der Waals surface area (Å²) in [5.41, 5.74) is 1.57. The van der Waals surface area contributed by atoms with E-state index in [2.05, 4.69) is 5.32 Å². The molecule has 1 heterocycles. The Morgan fingerprint density at radius 1 is 1.47 bits per heavy atom. The highest BCUT2D eigenvalue weighted by molar-refractivity contribution is 5.77. The van der Waals surface area contributed by atoms with Crippen LogP contribution in [0.2, 0.25) is 0 Å². The van der Waals surface area contributed by atoms with Crippen LogP contribution in [0.3, 0.4) is 0 Å². The first-order valence-electron chi connectivity index (χ1n) is 5.82. The maximum Gasteiger partial charge on any atom is 0.318 e. The Kier molecular flexibility index (Phi) is 3.05. The van der Waals surface area contributed by atoms with Crippen molar-refractivity contribution < 1.29 is 9.18 Å². The molecule has 0 bridgehead atoms. The Morgan fingerprint density at radius 3 is 2.71 bits per heavy atom. The van der Waals surface area contributed by atoms with Crippen molar-refractivity contribution in [2.75, 3.05) is 6.54 Å². The van der Waals surface area contributed by atoms with Gasteiger partial charge in [0.2, 0.25) is 0 Å². The van der Waals surface area contributed by atoms with Crippen LogP contribution in [0.5, 0.6) is 0 Å². The minimum absolute atomic E-state index is 0.0378. The maximum absolute atomic E-state index is 13.2. The first-order valence-corrected chi connectivity index (χ1v) is 5.82. The molecule has 1 aliphatic rings. The first-order chi connectivity index (χ1) is 7.99. The van der Waals surface area contributed by atoms with E-state index in [0.29, 0.717) is 12.1 Å². The lowest BCUT2D eigenvalue weighted by molar-refractivity contribution is 0.206. The second kappa shape index (κ2) is 4.35. The van der Waals surface area contributed by atoms with E-state index >= 15 is 0 Å². The third-order valence-electron chi connectivity index (χ3n) is 3.15. The van der Waals surface area contributed by atoms with E-state index in [1.54, 1.807) is 24.0 Å². The summed E-state index contributed by atoms with van der Waals surface area (Å²) >= 11 is 0. The highest BCUT2D eigenvalue weighted by Crippen LogP contribution is 2.23. The fraction of sp³-hybridized carbons (Fsp3) is 0.462. The zero-order chi connectivity index (χ0) is 12.6. The van der Waals surface area contributed by atoms with Crippen LogP contribution in [0, 0.1) is 12.7 Å². The van der Waals surface area contributed by atoms with E-state index in [4.69, 9.17) is 0 Å². The number of hydrogen-bond acceptors (Lipinski definition) is 1.